The minimum Gasteiger partial charge on any atom is -0.344 e. The minimum atomic E-state index is -0.718. The number of carbonyl (C=O) groups is 3. The number of ketones is 1. The highest BCUT2D eigenvalue weighted by Crippen LogP contribution is 2.20. The zero-order chi connectivity index (χ0) is 23.6. The number of aromatic nitrogens is 1. The van der Waals surface area contributed by atoms with Crippen LogP contribution in [0.25, 0.3) is 0 Å². The molecule has 1 aliphatic rings. The van der Waals surface area contributed by atoms with Crippen molar-refractivity contribution in [3.63, 3.8) is 0 Å². The summed E-state index contributed by atoms with van der Waals surface area (Å²) in [6, 6.07) is 7.59. The molecule has 5 N–H and O–H groups in total. The lowest BCUT2D eigenvalue weighted by molar-refractivity contribution is -0.139. The molecule has 0 saturated carbocycles. The third-order valence-electron chi connectivity index (χ3n) is 5.93. The lowest BCUT2D eigenvalue weighted by Gasteiger charge is -2.28. The molecule has 0 unspecified atom stereocenters. The number of unbranched alkanes of at least 4 members (excludes halogenated alkanes) is 2. The highest BCUT2D eigenvalue weighted by Gasteiger charge is 2.37. The molecule has 33 heavy (non-hydrogen) atoms. The largest absolute Gasteiger partial charge is 0.344 e. The third kappa shape index (κ3) is 6.93. The van der Waals surface area contributed by atoms with E-state index in [9.17, 15) is 14.4 Å². The number of benzene rings is 1. The normalized spacial score (nSPS) is 17.5. The first kappa shape index (κ1) is 25.0. The molecule has 1 fully saturated rings. The van der Waals surface area contributed by atoms with Gasteiger partial charge in [0.05, 0.1) is 12.1 Å². The van der Waals surface area contributed by atoms with Gasteiger partial charge in [-0.1, -0.05) is 43.2 Å². The zero-order valence-electron chi connectivity index (χ0n) is 18.8. The van der Waals surface area contributed by atoms with E-state index in [1.54, 1.807) is 16.5 Å². The van der Waals surface area contributed by atoms with Crippen LogP contribution in [0.5, 0.6) is 0 Å². The van der Waals surface area contributed by atoms with E-state index in [1.165, 1.54) is 11.3 Å². The summed E-state index contributed by atoms with van der Waals surface area (Å²) >= 11 is 1.26. The molecule has 1 aliphatic heterocycles. The van der Waals surface area contributed by atoms with Gasteiger partial charge < -0.3 is 21.7 Å². The second-order valence-corrected chi connectivity index (χ2v) is 9.28. The van der Waals surface area contributed by atoms with E-state index in [4.69, 9.17) is 11.5 Å². The molecule has 0 aliphatic carbocycles. The van der Waals surface area contributed by atoms with Crippen LogP contribution in [0.4, 0.5) is 0 Å². The number of hydrogen-bond acceptors (Lipinski definition) is 7. The van der Waals surface area contributed by atoms with Gasteiger partial charge in [-0.3, -0.25) is 14.4 Å². The molecule has 0 bridgehead atoms. The first-order valence-corrected chi connectivity index (χ1v) is 12.4. The number of hydrogen-bond donors (Lipinski definition) is 3. The molecule has 8 nitrogen and oxygen atoms in total. The maximum atomic E-state index is 13.2. The third-order valence-corrected chi connectivity index (χ3v) is 6.71. The Morgan fingerprint density at radius 1 is 1.18 bits per heavy atom. The fraction of sp³-hybridized carbons (Fsp3) is 0.500. The summed E-state index contributed by atoms with van der Waals surface area (Å²) in [5, 5.41) is 5.03. The van der Waals surface area contributed by atoms with Crippen molar-refractivity contribution >= 4 is 28.9 Å². The summed E-state index contributed by atoms with van der Waals surface area (Å²) < 4.78 is 0. The molecule has 1 saturated heterocycles. The summed E-state index contributed by atoms with van der Waals surface area (Å²) in [5.74, 6) is -0.730. The van der Waals surface area contributed by atoms with Crippen LogP contribution in [0.2, 0.25) is 0 Å². The highest BCUT2D eigenvalue weighted by atomic mass is 32.1. The van der Waals surface area contributed by atoms with Gasteiger partial charge in [-0.2, -0.15) is 0 Å². The van der Waals surface area contributed by atoms with Crippen molar-refractivity contribution in [1.82, 2.24) is 15.2 Å². The van der Waals surface area contributed by atoms with Crippen molar-refractivity contribution in [3.05, 3.63) is 52.5 Å². The maximum Gasteiger partial charge on any atom is 0.243 e. The number of likely N-dealkylation sites (tertiary alicyclic amines) is 1. The molecule has 178 valence electrons. The van der Waals surface area contributed by atoms with Crippen molar-refractivity contribution in [2.75, 3.05) is 13.1 Å². The maximum absolute atomic E-state index is 13.2. The fourth-order valence-corrected chi connectivity index (χ4v) is 4.80. The van der Waals surface area contributed by atoms with Crippen molar-refractivity contribution in [3.8, 4) is 0 Å². The summed E-state index contributed by atoms with van der Waals surface area (Å²) in [5.41, 5.74) is 12.8. The topological polar surface area (TPSA) is 131 Å². The average molecular weight is 472 g/mol. The van der Waals surface area contributed by atoms with Gasteiger partial charge in [0.25, 0.3) is 0 Å². The van der Waals surface area contributed by atoms with Gasteiger partial charge in [-0.25, -0.2) is 4.98 Å². The Labute approximate surface area is 198 Å². The van der Waals surface area contributed by atoms with Crippen LogP contribution >= 0.6 is 11.3 Å². The first-order chi connectivity index (χ1) is 16.0. The molecule has 1 aromatic carbocycles. The van der Waals surface area contributed by atoms with E-state index in [0.29, 0.717) is 37.4 Å². The van der Waals surface area contributed by atoms with Gasteiger partial charge in [0, 0.05) is 18.1 Å². The number of carbonyl (C=O) groups excluding carboxylic acids is 3. The van der Waals surface area contributed by atoms with E-state index in [2.05, 4.69) is 10.3 Å². The summed E-state index contributed by atoms with van der Waals surface area (Å²) in [6.45, 7) is 1.08. The van der Waals surface area contributed by atoms with Crippen molar-refractivity contribution in [2.24, 2.45) is 11.5 Å². The second kappa shape index (κ2) is 12.6. The predicted octanol–water partition coefficient (Wildman–Crippen LogP) is 1.89. The van der Waals surface area contributed by atoms with E-state index in [1.807, 2.05) is 30.3 Å². The molecule has 2 amide bonds. The van der Waals surface area contributed by atoms with Crippen LogP contribution in [0, 0.1) is 0 Å². The van der Waals surface area contributed by atoms with Gasteiger partial charge in [0.15, 0.2) is 5.01 Å². The molecule has 1 aromatic heterocycles. The number of nitrogens with zero attached hydrogens (tertiary/aromatic N) is 2. The van der Waals surface area contributed by atoms with E-state index < -0.39 is 18.1 Å². The molecular formula is C24H33N5O3S. The fourth-order valence-electron chi connectivity index (χ4n) is 4.17. The summed E-state index contributed by atoms with van der Waals surface area (Å²) in [6.07, 6.45) is 6.32. The molecule has 2 aromatic rings. The molecule has 0 radical (unpaired) electrons. The Bertz CT molecular complexity index is 906. The number of thiazole rings is 1. The standard InChI is InChI=1S/C24H33N5O3S/c25-12-6-2-5-10-19(21(30)23-27-13-15-33-23)28-22(31)20-11-7-14-29(20)24(32)18(26)16-17-8-3-1-4-9-17/h1,3-4,8-9,13,15,18-20H,2,5-7,10-12,14,16,25-26H2,(H,28,31)/t18-,19+,20+/m1/s1. The Hall–Kier alpha value is -2.62. The second-order valence-electron chi connectivity index (χ2n) is 8.39. The number of rotatable bonds is 12. The van der Waals surface area contributed by atoms with Gasteiger partial charge in [0.1, 0.15) is 6.04 Å². The van der Waals surface area contributed by atoms with Crippen LogP contribution in [-0.4, -0.2) is 58.7 Å². The SMILES string of the molecule is NCCCCC[C@H](NC(=O)[C@@H]1CCCN1C(=O)[C@H](N)Cc1ccccc1)C(=O)c1nccs1. The molecule has 2 heterocycles. The Kier molecular flexibility index (Phi) is 9.53. The molecular weight excluding hydrogens is 438 g/mol. The lowest BCUT2D eigenvalue weighted by Crippen LogP contribution is -2.54. The molecule has 3 atom stereocenters. The predicted molar refractivity (Wildman–Crippen MR) is 129 cm³/mol. The van der Waals surface area contributed by atoms with E-state index in [0.717, 1.165) is 31.2 Å². The lowest BCUT2D eigenvalue weighted by atomic mass is 10.0. The van der Waals surface area contributed by atoms with Gasteiger partial charge in [0.2, 0.25) is 17.6 Å². The highest BCUT2D eigenvalue weighted by molar-refractivity contribution is 7.11. The quantitative estimate of drug-likeness (QED) is 0.320. The van der Waals surface area contributed by atoms with Gasteiger partial charge in [-0.15, -0.1) is 11.3 Å². The number of Topliss-reactive ketones (excluding diaryl/α,β-unsaturated/α-hetero) is 1. The van der Waals surface area contributed by atoms with Crippen molar-refractivity contribution in [1.29, 1.82) is 0 Å². The van der Waals surface area contributed by atoms with Crippen LogP contribution < -0.4 is 16.8 Å². The first-order valence-electron chi connectivity index (χ1n) is 11.6. The van der Waals surface area contributed by atoms with Crippen molar-refractivity contribution in [2.45, 2.75) is 63.1 Å². The molecule has 0 spiro atoms. The number of amides is 2. The van der Waals surface area contributed by atoms with E-state index in [-0.39, 0.29) is 17.6 Å². The van der Waals surface area contributed by atoms with Crippen LogP contribution in [0.3, 0.4) is 0 Å². The minimum absolute atomic E-state index is 0.192. The van der Waals surface area contributed by atoms with Crippen LogP contribution in [0.15, 0.2) is 41.9 Å². The summed E-state index contributed by atoms with van der Waals surface area (Å²) in [4.78, 5) is 44.9. The monoisotopic (exact) mass is 471 g/mol. The number of nitrogens with one attached hydrogen (secondary N) is 1. The molecule has 9 heteroatoms. The molecule has 3 rings (SSSR count). The van der Waals surface area contributed by atoms with Gasteiger partial charge >= 0.3 is 0 Å². The summed E-state index contributed by atoms with van der Waals surface area (Å²) in [7, 11) is 0. The number of nitrogens with two attached hydrogens (primary N) is 2. The zero-order valence-corrected chi connectivity index (χ0v) is 19.6. The van der Waals surface area contributed by atoms with Crippen LogP contribution in [0.1, 0.15) is 53.9 Å². The van der Waals surface area contributed by atoms with Crippen molar-refractivity contribution < 1.29 is 14.4 Å². The van der Waals surface area contributed by atoms with Gasteiger partial charge in [-0.05, 0) is 44.2 Å². The average Bonchev–Trinajstić information content (AvgIpc) is 3.53. The Morgan fingerprint density at radius 3 is 2.67 bits per heavy atom. The van der Waals surface area contributed by atoms with Crippen LogP contribution in [-0.2, 0) is 16.0 Å². The van der Waals surface area contributed by atoms with E-state index >= 15 is 0 Å². The Balaban J connectivity index is 1.64. The Morgan fingerprint density at radius 2 is 1.97 bits per heavy atom. The smallest absolute Gasteiger partial charge is 0.243 e.